The van der Waals surface area contributed by atoms with Gasteiger partial charge in [0.2, 0.25) is 10.0 Å². The summed E-state index contributed by atoms with van der Waals surface area (Å²) in [5.74, 6) is 0. The zero-order valence-corrected chi connectivity index (χ0v) is 11.0. The molecule has 1 aromatic heterocycles. The fourth-order valence-corrected chi connectivity index (χ4v) is 3.56. The van der Waals surface area contributed by atoms with Crippen LogP contribution in [0.4, 0.5) is 0 Å². The zero-order chi connectivity index (χ0) is 12.5. The predicted octanol–water partition coefficient (Wildman–Crippen LogP) is 0.717. The van der Waals surface area contributed by atoms with E-state index in [1.165, 1.54) is 22.8 Å². The second-order valence-corrected chi connectivity index (χ2v) is 6.43. The lowest BCUT2D eigenvalue weighted by Crippen LogP contribution is -2.51. The summed E-state index contributed by atoms with van der Waals surface area (Å²) in [7, 11) is -3.47. The number of sulfonamides is 1. The smallest absolute Gasteiger partial charge is 0.244 e. The molecule has 0 saturated carbocycles. The first kappa shape index (κ1) is 12.8. The Bertz CT molecular complexity index is 506. The molecule has 0 radical (unpaired) electrons. The lowest BCUT2D eigenvalue weighted by molar-refractivity contribution is 0.310. The molecule has 1 aliphatic heterocycles. The van der Waals surface area contributed by atoms with E-state index in [9.17, 15) is 8.42 Å². The van der Waals surface area contributed by atoms with Crippen molar-refractivity contribution in [1.29, 1.82) is 0 Å². The minimum absolute atomic E-state index is 0.152. The first-order chi connectivity index (χ1) is 8.00. The second kappa shape index (κ2) is 4.89. The quantitative estimate of drug-likeness (QED) is 0.864. The second-order valence-electron chi connectivity index (χ2n) is 4.06. The van der Waals surface area contributed by atoms with E-state index in [1.807, 2.05) is 6.92 Å². The SMILES string of the molecule is CC1CN(S(=O)(=O)c2cncc(Cl)c2)CCN1. The zero-order valence-electron chi connectivity index (χ0n) is 9.43. The number of aromatic nitrogens is 1. The van der Waals surface area contributed by atoms with Crippen molar-refractivity contribution in [1.82, 2.24) is 14.6 Å². The molecule has 2 rings (SSSR count). The van der Waals surface area contributed by atoms with E-state index in [2.05, 4.69) is 10.3 Å². The topological polar surface area (TPSA) is 62.3 Å². The van der Waals surface area contributed by atoms with Gasteiger partial charge in [-0.15, -0.1) is 0 Å². The fraction of sp³-hybridized carbons (Fsp3) is 0.500. The number of hydrogen-bond acceptors (Lipinski definition) is 4. The molecule has 1 N–H and O–H groups in total. The highest BCUT2D eigenvalue weighted by atomic mass is 35.5. The minimum Gasteiger partial charge on any atom is -0.312 e. The summed E-state index contributed by atoms with van der Waals surface area (Å²) in [6.45, 7) is 3.56. The predicted molar refractivity (Wildman–Crippen MR) is 65.5 cm³/mol. The van der Waals surface area contributed by atoms with Crippen molar-refractivity contribution in [2.75, 3.05) is 19.6 Å². The number of pyridine rings is 1. The van der Waals surface area contributed by atoms with Gasteiger partial charge in [-0.25, -0.2) is 8.42 Å². The van der Waals surface area contributed by atoms with Gasteiger partial charge >= 0.3 is 0 Å². The maximum absolute atomic E-state index is 12.3. The molecule has 0 aliphatic carbocycles. The molecule has 1 aromatic rings. The summed E-state index contributed by atoms with van der Waals surface area (Å²) < 4.78 is 26.0. The van der Waals surface area contributed by atoms with Crippen molar-refractivity contribution in [2.45, 2.75) is 17.9 Å². The number of halogens is 1. The Morgan fingerprint density at radius 2 is 2.29 bits per heavy atom. The van der Waals surface area contributed by atoms with E-state index < -0.39 is 10.0 Å². The lowest BCUT2D eigenvalue weighted by Gasteiger charge is -2.30. The monoisotopic (exact) mass is 275 g/mol. The van der Waals surface area contributed by atoms with E-state index in [-0.39, 0.29) is 10.9 Å². The minimum atomic E-state index is -3.47. The number of nitrogens with zero attached hydrogens (tertiary/aromatic N) is 2. The first-order valence-electron chi connectivity index (χ1n) is 5.34. The summed E-state index contributed by atoms with van der Waals surface area (Å²) in [5, 5.41) is 3.53. The Balaban J connectivity index is 2.29. The summed E-state index contributed by atoms with van der Waals surface area (Å²) >= 11 is 5.76. The van der Waals surface area contributed by atoms with Crippen LogP contribution in [0.3, 0.4) is 0 Å². The standard InChI is InChI=1S/C10H14ClN3O2S/c1-8-7-14(3-2-13-8)17(15,16)10-4-9(11)5-12-6-10/h4-6,8,13H,2-3,7H2,1H3. The van der Waals surface area contributed by atoms with Crippen molar-refractivity contribution in [2.24, 2.45) is 0 Å². The molecule has 0 aromatic carbocycles. The molecule has 1 aliphatic rings. The Labute approximate surface area is 106 Å². The van der Waals surface area contributed by atoms with Crippen LogP contribution in [-0.4, -0.2) is 43.4 Å². The molecule has 0 spiro atoms. The van der Waals surface area contributed by atoms with Gasteiger partial charge in [-0.2, -0.15) is 4.31 Å². The number of hydrogen-bond donors (Lipinski definition) is 1. The molecule has 5 nitrogen and oxygen atoms in total. The Morgan fingerprint density at radius 3 is 2.94 bits per heavy atom. The summed E-state index contributed by atoms with van der Waals surface area (Å²) in [6.07, 6.45) is 2.74. The van der Waals surface area contributed by atoms with Crippen molar-refractivity contribution >= 4 is 21.6 Å². The summed E-state index contributed by atoms with van der Waals surface area (Å²) in [6, 6.07) is 1.59. The van der Waals surface area contributed by atoms with Gasteiger partial charge in [-0.05, 0) is 13.0 Å². The Kier molecular flexibility index (Phi) is 3.67. The number of nitrogens with one attached hydrogen (secondary N) is 1. The van der Waals surface area contributed by atoms with Crippen molar-refractivity contribution in [3.8, 4) is 0 Å². The van der Waals surface area contributed by atoms with Gasteiger partial charge in [0.05, 0.1) is 5.02 Å². The highest BCUT2D eigenvalue weighted by molar-refractivity contribution is 7.89. The molecular formula is C10H14ClN3O2S. The van der Waals surface area contributed by atoms with E-state index in [4.69, 9.17) is 11.6 Å². The van der Waals surface area contributed by atoms with Crippen LogP contribution in [0.25, 0.3) is 0 Å². The maximum Gasteiger partial charge on any atom is 0.244 e. The third kappa shape index (κ3) is 2.77. The first-order valence-corrected chi connectivity index (χ1v) is 7.16. The Hall–Kier alpha value is -0.690. The van der Waals surface area contributed by atoms with E-state index in [0.717, 1.165) is 0 Å². The van der Waals surface area contributed by atoms with Crippen LogP contribution in [0.5, 0.6) is 0 Å². The average molecular weight is 276 g/mol. The van der Waals surface area contributed by atoms with Gasteiger partial charge in [0.15, 0.2) is 0 Å². The Morgan fingerprint density at radius 1 is 1.53 bits per heavy atom. The van der Waals surface area contributed by atoms with Crippen LogP contribution >= 0.6 is 11.6 Å². The highest BCUT2D eigenvalue weighted by Gasteiger charge is 2.28. The maximum atomic E-state index is 12.3. The molecule has 1 unspecified atom stereocenters. The molecular weight excluding hydrogens is 262 g/mol. The summed E-state index contributed by atoms with van der Waals surface area (Å²) in [5.41, 5.74) is 0. The molecule has 0 bridgehead atoms. The van der Waals surface area contributed by atoms with Gasteiger partial charge in [-0.3, -0.25) is 4.98 Å². The molecule has 1 saturated heterocycles. The van der Waals surface area contributed by atoms with Crippen molar-refractivity contribution in [3.05, 3.63) is 23.5 Å². The van der Waals surface area contributed by atoms with Gasteiger partial charge in [-0.1, -0.05) is 11.6 Å². The molecule has 1 fully saturated rings. The summed E-state index contributed by atoms with van der Waals surface area (Å²) in [4.78, 5) is 3.96. The fourth-order valence-electron chi connectivity index (χ4n) is 1.80. The van der Waals surface area contributed by atoms with Gasteiger partial charge in [0.1, 0.15) is 4.90 Å². The largest absolute Gasteiger partial charge is 0.312 e. The van der Waals surface area contributed by atoms with E-state index in [1.54, 1.807) is 0 Å². The van der Waals surface area contributed by atoms with Crippen LogP contribution in [0, 0.1) is 0 Å². The molecule has 2 heterocycles. The van der Waals surface area contributed by atoms with Gasteiger partial charge in [0, 0.05) is 38.1 Å². The van der Waals surface area contributed by atoms with Crippen LogP contribution in [0.2, 0.25) is 5.02 Å². The molecule has 0 amide bonds. The molecule has 17 heavy (non-hydrogen) atoms. The van der Waals surface area contributed by atoms with E-state index >= 15 is 0 Å². The number of rotatable bonds is 2. The van der Waals surface area contributed by atoms with Gasteiger partial charge < -0.3 is 5.32 Å². The normalized spacial score (nSPS) is 22.6. The van der Waals surface area contributed by atoms with Gasteiger partial charge in [0.25, 0.3) is 0 Å². The van der Waals surface area contributed by atoms with Crippen LogP contribution in [0.15, 0.2) is 23.4 Å². The average Bonchev–Trinajstić information content (AvgIpc) is 2.29. The lowest BCUT2D eigenvalue weighted by atomic mass is 10.3. The van der Waals surface area contributed by atoms with Crippen molar-refractivity contribution in [3.63, 3.8) is 0 Å². The van der Waals surface area contributed by atoms with Crippen LogP contribution in [0.1, 0.15) is 6.92 Å². The third-order valence-electron chi connectivity index (χ3n) is 2.65. The van der Waals surface area contributed by atoms with Crippen LogP contribution in [-0.2, 0) is 10.0 Å². The molecule has 94 valence electrons. The molecule has 1 atom stereocenters. The van der Waals surface area contributed by atoms with Crippen molar-refractivity contribution < 1.29 is 8.42 Å². The highest BCUT2D eigenvalue weighted by Crippen LogP contribution is 2.19. The molecule has 7 heteroatoms. The number of piperazine rings is 1. The van der Waals surface area contributed by atoms with Crippen LogP contribution < -0.4 is 5.32 Å². The third-order valence-corrected chi connectivity index (χ3v) is 4.69. The van der Waals surface area contributed by atoms with E-state index in [0.29, 0.717) is 24.7 Å².